The zero-order valence-corrected chi connectivity index (χ0v) is 17.6. The number of rotatable bonds is 6. The Bertz CT molecular complexity index is 1150. The second kappa shape index (κ2) is 8.87. The van der Waals surface area contributed by atoms with E-state index < -0.39 is 0 Å². The minimum atomic E-state index is 0.0383. The van der Waals surface area contributed by atoms with Crippen LogP contribution in [0.4, 0.5) is 0 Å². The number of phenolic OH excluding ortho intramolecular Hbond substituents is 1. The van der Waals surface area contributed by atoms with Crippen molar-refractivity contribution >= 4 is 5.57 Å². The predicted molar refractivity (Wildman–Crippen MR) is 118 cm³/mol. The molecule has 3 aromatic rings. The van der Waals surface area contributed by atoms with Crippen LogP contribution in [-0.4, -0.2) is 41.4 Å². The average Bonchev–Trinajstić information content (AvgIpc) is 2.83. The van der Waals surface area contributed by atoms with Gasteiger partial charge in [-0.2, -0.15) is 0 Å². The normalized spacial score (nSPS) is 13.3. The highest BCUT2D eigenvalue weighted by molar-refractivity contribution is 5.71. The number of aromatic hydroxyl groups is 1. The van der Waals surface area contributed by atoms with Gasteiger partial charge in [-0.05, 0) is 54.5 Å². The van der Waals surface area contributed by atoms with Gasteiger partial charge in [-0.15, -0.1) is 0 Å². The zero-order valence-electron chi connectivity index (χ0n) is 17.6. The molecule has 0 saturated heterocycles. The molecule has 0 fully saturated rings. The van der Waals surface area contributed by atoms with Crippen molar-refractivity contribution in [2.75, 3.05) is 21.3 Å². The molecule has 0 amide bonds. The van der Waals surface area contributed by atoms with Crippen LogP contribution in [0.1, 0.15) is 18.7 Å². The summed E-state index contributed by atoms with van der Waals surface area (Å²) in [6.07, 6.45) is 5.42. The molecule has 1 aliphatic carbocycles. The van der Waals surface area contributed by atoms with E-state index in [2.05, 4.69) is 9.97 Å². The Morgan fingerprint density at radius 2 is 1.39 bits per heavy atom. The minimum Gasteiger partial charge on any atom is -0.507 e. The summed E-state index contributed by atoms with van der Waals surface area (Å²) in [6, 6.07) is 12.6. The molecule has 7 heteroatoms. The van der Waals surface area contributed by atoms with E-state index in [4.69, 9.17) is 19.2 Å². The van der Waals surface area contributed by atoms with E-state index in [0.717, 1.165) is 35.5 Å². The van der Waals surface area contributed by atoms with Gasteiger partial charge < -0.3 is 19.3 Å². The Morgan fingerprint density at radius 3 is 2.00 bits per heavy atom. The molecule has 1 N–H and O–H groups in total. The molecule has 2 aromatic carbocycles. The van der Waals surface area contributed by atoms with Gasteiger partial charge in [-0.1, -0.05) is 6.08 Å². The lowest BCUT2D eigenvalue weighted by Gasteiger charge is -2.15. The first-order valence-electron chi connectivity index (χ1n) is 9.83. The molecular formula is C24H23N3O4. The first-order chi connectivity index (χ1) is 15.1. The molecule has 1 aliphatic rings. The van der Waals surface area contributed by atoms with Crippen molar-refractivity contribution in [2.24, 2.45) is 0 Å². The summed E-state index contributed by atoms with van der Waals surface area (Å²) < 4.78 is 15.8. The van der Waals surface area contributed by atoms with Crippen LogP contribution in [0.25, 0.3) is 28.3 Å². The van der Waals surface area contributed by atoms with Crippen LogP contribution in [-0.2, 0) is 4.74 Å². The molecule has 0 spiro atoms. The first-order valence-corrected chi connectivity index (χ1v) is 9.83. The Kier molecular flexibility index (Phi) is 5.84. The summed E-state index contributed by atoms with van der Waals surface area (Å²) in [6.45, 7) is 0. The van der Waals surface area contributed by atoms with Crippen molar-refractivity contribution in [3.63, 3.8) is 0 Å². The summed E-state index contributed by atoms with van der Waals surface area (Å²) in [4.78, 5) is 14.0. The number of methoxy groups -OCH3 is 3. The number of allylic oxidation sites excluding steroid dienone is 4. The largest absolute Gasteiger partial charge is 0.507 e. The molecule has 1 aromatic heterocycles. The quantitative estimate of drug-likeness (QED) is 0.625. The van der Waals surface area contributed by atoms with Crippen LogP contribution >= 0.6 is 0 Å². The van der Waals surface area contributed by atoms with Crippen molar-refractivity contribution in [1.29, 1.82) is 0 Å². The van der Waals surface area contributed by atoms with Gasteiger partial charge in [0, 0.05) is 18.1 Å². The maximum Gasteiger partial charge on any atom is 0.167 e. The lowest BCUT2D eigenvalue weighted by molar-refractivity contribution is 0.277. The van der Waals surface area contributed by atoms with Gasteiger partial charge in [0.15, 0.2) is 17.5 Å². The number of nitrogens with zero attached hydrogens (tertiary/aromatic N) is 3. The number of aromatic nitrogens is 3. The predicted octanol–water partition coefficient (Wildman–Crippen LogP) is 4.64. The Hall–Kier alpha value is -3.87. The van der Waals surface area contributed by atoms with Gasteiger partial charge in [0.1, 0.15) is 17.2 Å². The van der Waals surface area contributed by atoms with Crippen LogP contribution in [0, 0.1) is 0 Å². The average molecular weight is 417 g/mol. The number of hydrogen-bond acceptors (Lipinski definition) is 7. The standard InChI is InChI=1S/C24H23N3O4/c1-29-17-8-4-15(5-9-17)22-25-23(16-6-10-18(30-2)11-7-16)27-24(26-22)20-13-12-19(31-3)14-21(20)28/h4-6,8-10,12-14,28H,7,11H2,1-3H3. The van der Waals surface area contributed by atoms with Crippen molar-refractivity contribution in [3.05, 3.63) is 66.2 Å². The summed E-state index contributed by atoms with van der Waals surface area (Å²) >= 11 is 0. The molecule has 0 bridgehead atoms. The highest BCUT2D eigenvalue weighted by Gasteiger charge is 2.18. The van der Waals surface area contributed by atoms with Crippen LogP contribution in [0.15, 0.2) is 60.4 Å². The fraction of sp³-hybridized carbons (Fsp3) is 0.208. The van der Waals surface area contributed by atoms with Crippen molar-refractivity contribution in [3.8, 4) is 40.0 Å². The van der Waals surface area contributed by atoms with Gasteiger partial charge in [0.05, 0.1) is 32.7 Å². The Labute approximate surface area is 180 Å². The minimum absolute atomic E-state index is 0.0383. The van der Waals surface area contributed by atoms with E-state index in [0.29, 0.717) is 28.8 Å². The Balaban J connectivity index is 1.84. The molecule has 0 aliphatic heterocycles. The number of hydrogen-bond donors (Lipinski definition) is 1. The maximum atomic E-state index is 10.5. The highest BCUT2D eigenvalue weighted by Crippen LogP contribution is 2.33. The maximum absolute atomic E-state index is 10.5. The number of ether oxygens (including phenoxy) is 3. The topological polar surface area (TPSA) is 86.6 Å². The van der Waals surface area contributed by atoms with Crippen LogP contribution < -0.4 is 9.47 Å². The van der Waals surface area contributed by atoms with E-state index in [1.54, 1.807) is 39.5 Å². The second-order valence-corrected chi connectivity index (χ2v) is 6.95. The molecular weight excluding hydrogens is 394 g/mol. The van der Waals surface area contributed by atoms with Gasteiger partial charge in [0.2, 0.25) is 0 Å². The van der Waals surface area contributed by atoms with Gasteiger partial charge in [0.25, 0.3) is 0 Å². The van der Waals surface area contributed by atoms with E-state index in [-0.39, 0.29) is 5.75 Å². The fourth-order valence-electron chi connectivity index (χ4n) is 3.31. The lowest BCUT2D eigenvalue weighted by Crippen LogP contribution is -2.05. The molecule has 0 unspecified atom stereocenters. The summed E-state index contributed by atoms with van der Waals surface area (Å²) in [5, 5.41) is 10.5. The van der Waals surface area contributed by atoms with E-state index in [1.807, 2.05) is 36.4 Å². The van der Waals surface area contributed by atoms with Crippen molar-refractivity contribution < 1.29 is 19.3 Å². The van der Waals surface area contributed by atoms with Crippen LogP contribution in [0.2, 0.25) is 0 Å². The molecule has 0 atom stereocenters. The van der Waals surface area contributed by atoms with E-state index in [9.17, 15) is 5.11 Å². The van der Waals surface area contributed by atoms with E-state index in [1.165, 1.54) is 0 Å². The van der Waals surface area contributed by atoms with Gasteiger partial charge in [-0.25, -0.2) is 15.0 Å². The highest BCUT2D eigenvalue weighted by atomic mass is 16.5. The van der Waals surface area contributed by atoms with Crippen LogP contribution in [0.3, 0.4) is 0 Å². The van der Waals surface area contributed by atoms with Gasteiger partial charge >= 0.3 is 0 Å². The lowest BCUT2D eigenvalue weighted by atomic mass is 10.0. The third-order valence-electron chi connectivity index (χ3n) is 5.09. The third-order valence-corrected chi connectivity index (χ3v) is 5.09. The first kappa shape index (κ1) is 20.4. The third kappa shape index (κ3) is 4.35. The fourth-order valence-corrected chi connectivity index (χ4v) is 3.31. The molecule has 1 heterocycles. The molecule has 0 radical (unpaired) electrons. The monoisotopic (exact) mass is 417 g/mol. The SMILES string of the molecule is COC1=CC=C(c2nc(-c3ccc(OC)cc3)nc(-c3ccc(OC)cc3O)n2)CC1. The van der Waals surface area contributed by atoms with Crippen molar-refractivity contribution in [1.82, 2.24) is 15.0 Å². The molecule has 158 valence electrons. The summed E-state index contributed by atoms with van der Waals surface area (Å²) in [5.74, 6) is 3.73. The van der Waals surface area contributed by atoms with Crippen molar-refractivity contribution in [2.45, 2.75) is 12.8 Å². The van der Waals surface area contributed by atoms with Gasteiger partial charge in [-0.3, -0.25) is 0 Å². The smallest absolute Gasteiger partial charge is 0.167 e. The molecule has 7 nitrogen and oxygen atoms in total. The molecule has 4 rings (SSSR count). The summed E-state index contributed by atoms with van der Waals surface area (Å²) in [5.41, 5.74) is 2.30. The Morgan fingerprint density at radius 1 is 0.710 bits per heavy atom. The van der Waals surface area contributed by atoms with Crippen LogP contribution in [0.5, 0.6) is 17.2 Å². The molecule has 0 saturated carbocycles. The number of phenols is 1. The number of benzene rings is 2. The van der Waals surface area contributed by atoms with E-state index >= 15 is 0 Å². The summed E-state index contributed by atoms with van der Waals surface area (Å²) in [7, 11) is 4.84. The second-order valence-electron chi connectivity index (χ2n) is 6.95. The molecule has 31 heavy (non-hydrogen) atoms. The zero-order chi connectivity index (χ0) is 21.8.